The van der Waals surface area contributed by atoms with E-state index in [0.717, 1.165) is 14.5 Å². The zero-order valence-corrected chi connectivity index (χ0v) is 13.6. The van der Waals surface area contributed by atoms with Crippen LogP contribution < -0.4 is 0 Å². The maximum Gasteiger partial charge on any atom is 0.150 e. The van der Waals surface area contributed by atoms with E-state index >= 15 is 0 Å². The highest BCUT2D eigenvalue weighted by Gasteiger charge is 2.33. The average Bonchev–Trinajstić information content (AvgIpc) is 2.62. The predicted molar refractivity (Wildman–Crippen MR) is 77.2 cm³/mol. The minimum atomic E-state index is -2.87. The van der Waals surface area contributed by atoms with Crippen molar-refractivity contribution >= 4 is 53.3 Å². The van der Waals surface area contributed by atoms with Crippen molar-refractivity contribution in [3.63, 3.8) is 0 Å². The third kappa shape index (κ3) is 3.25. The van der Waals surface area contributed by atoms with Gasteiger partial charge in [-0.1, -0.05) is 6.07 Å². The van der Waals surface area contributed by atoms with Crippen LogP contribution >= 0.6 is 43.5 Å². The summed E-state index contributed by atoms with van der Waals surface area (Å²) < 4.78 is 24.7. The summed E-state index contributed by atoms with van der Waals surface area (Å²) in [6.45, 7) is 0. The number of rotatable bonds is 2. The summed E-state index contributed by atoms with van der Waals surface area (Å²) in [7, 11) is -2.87. The van der Waals surface area contributed by atoms with Crippen LogP contribution in [-0.4, -0.2) is 19.9 Å². The predicted octanol–water partition coefficient (Wildman–Crippen LogP) is 3.93. The molecule has 2 nitrogen and oxygen atoms in total. The molecule has 1 aliphatic rings. The summed E-state index contributed by atoms with van der Waals surface area (Å²) in [6.07, 6.45) is 0.657. The van der Waals surface area contributed by atoms with Crippen LogP contribution in [0.2, 0.25) is 0 Å². The van der Waals surface area contributed by atoms with E-state index in [2.05, 4.69) is 31.9 Å². The van der Waals surface area contributed by atoms with Gasteiger partial charge < -0.3 is 0 Å². The molecule has 0 amide bonds. The molecule has 1 aromatic rings. The first kappa shape index (κ1) is 13.8. The number of benzene rings is 1. The Balaban J connectivity index is 2.20. The summed E-state index contributed by atoms with van der Waals surface area (Å²) in [5.41, 5.74) is 0.962. The summed E-state index contributed by atoms with van der Waals surface area (Å²) in [5.74, 6) is 0.489. The fraction of sp³-hybridized carbons (Fsp3) is 0.455. The molecule has 6 heteroatoms. The van der Waals surface area contributed by atoms with Crippen LogP contribution in [0, 0.1) is 5.92 Å². The Hall–Kier alpha value is 0.420. The van der Waals surface area contributed by atoms with Gasteiger partial charge in [-0.2, -0.15) is 0 Å². The van der Waals surface area contributed by atoms with Crippen LogP contribution in [0.5, 0.6) is 0 Å². The standard InChI is InChI=1S/C11H11Br2ClO2S/c12-9-2-1-7(5-10(9)13)11(14)8-3-4-17(15,16)6-8/h1-2,5,8,11H,3-4,6H2. The fourth-order valence-electron chi connectivity index (χ4n) is 2.01. The zero-order chi connectivity index (χ0) is 12.6. The van der Waals surface area contributed by atoms with E-state index in [1.165, 1.54) is 0 Å². The largest absolute Gasteiger partial charge is 0.229 e. The molecule has 0 radical (unpaired) electrons. The Bertz CT molecular complexity index is 530. The molecule has 0 spiro atoms. The maximum absolute atomic E-state index is 11.4. The van der Waals surface area contributed by atoms with E-state index in [0.29, 0.717) is 6.42 Å². The first-order chi connectivity index (χ1) is 7.89. The van der Waals surface area contributed by atoms with Crippen LogP contribution in [0.4, 0.5) is 0 Å². The van der Waals surface area contributed by atoms with Gasteiger partial charge in [-0.15, -0.1) is 11.6 Å². The van der Waals surface area contributed by atoms with E-state index in [1.54, 1.807) is 0 Å². The van der Waals surface area contributed by atoms with Gasteiger partial charge in [0, 0.05) is 8.95 Å². The van der Waals surface area contributed by atoms with Crippen molar-refractivity contribution in [2.75, 3.05) is 11.5 Å². The smallest absolute Gasteiger partial charge is 0.150 e. The highest BCUT2D eigenvalue weighted by Crippen LogP contribution is 2.38. The van der Waals surface area contributed by atoms with E-state index in [1.807, 2.05) is 18.2 Å². The Labute approximate surface area is 123 Å². The van der Waals surface area contributed by atoms with Crippen LogP contribution in [0.1, 0.15) is 17.4 Å². The van der Waals surface area contributed by atoms with Crippen molar-refractivity contribution in [1.29, 1.82) is 0 Å². The number of halogens is 3. The van der Waals surface area contributed by atoms with Crippen LogP contribution in [0.15, 0.2) is 27.1 Å². The lowest BCUT2D eigenvalue weighted by Crippen LogP contribution is -2.10. The second-order valence-corrected chi connectivity index (χ2v) is 8.65. The molecule has 17 heavy (non-hydrogen) atoms. The molecule has 1 fully saturated rings. The molecule has 0 N–H and O–H groups in total. The molecule has 0 bridgehead atoms. The molecule has 2 unspecified atom stereocenters. The van der Waals surface area contributed by atoms with Gasteiger partial charge in [0.1, 0.15) is 0 Å². The topological polar surface area (TPSA) is 34.1 Å². The van der Waals surface area contributed by atoms with Crippen molar-refractivity contribution < 1.29 is 8.42 Å². The molecule has 94 valence electrons. The second-order valence-electron chi connectivity index (χ2n) is 4.24. The normalized spacial score (nSPS) is 24.8. The number of alkyl halides is 1. The summed E-state index contributed by atoms with van der Waals surface area (Å²) in [5, 5.41) is -0.239. The van der Waals surface area contributed by atoms with Crippen molar-refractivity contribution in [3.8, 4) is 0 Å². The van der Waals surface area contributed by atoms with E-state index in [9.17, 15) is 8.42 Å². The van der Waals surface area contributed by atoms with Gasteiger partial charge in [-0.05, 0) is 61.9 Å². The monoisotopic (exact) mass is 400 g/mol. The second kappa shape index (κ2) is 5.19. The molecule has 1 aliphatic heterocycles. The Morgan fingerprint density at radius 3 is 2.53 bits per heavy atom. The molecule has 2 rings (SSSR count). The quantitative estimate of drug-likeness (QED) is 0.703. The average molecular weight is 403 g/mol. The Kier molecular flexibility index (Phi) is 4.23. The first-order valence-electron chi connectivity index (χ1n) is 5.18. The molecule has 2 atom stereocenters. The lowest BCUT2D eigenvalue weighted by molar-refractivity contribution is 0.568. The molecule has 0 saturated carbocycles. The van der Waals surface area contributed by atoms with Crippen LogP contribution in [-0.2, 0) is 9.84 Å². The molecule has 1 aromatic carbocycles. The van der Waals surface area contributed by atoms with Crippen molar-refractivity contribution in [2.24, 2.45) is 5.92 Å². The minimum absolute atomic E-state index is 0.0229. The van der Waals surface area contributed by atoms with Gasteiger partial charge in [0.15, 0.2) is 9.84 Å². The van der Waals surface area contributed by atoms with E-state index < -0.39 is 9.84 Å². The molecule has 0 aromatic heterocycles. The van der Waals surface area contributed by atoms with Crippen molar-refractivity contribution in [1.82, 2.24) is 0 Å². The summed E-state index contributed by atoms with van der Waals surface area (Å²) in [4.78, 5) is 0. The van der Waals surface area contributed by atoms with Gasteiger partial charge in [0.25, 0.3) is 0 Å². The Morgan fingerprint density at radius 2 is 2.00 bits per heavy atom. The van der Waals surface area contributed by atoms with Gasteiger partial charge >= 0.3 is 0 Å². The van der Waals surface area contributed by atoms with Crippen LogP contribution in [0.3, 0.4) is 0 Å². The van der Waals surface area contributed by atoms with Crippen molar-refractivity contribution in [2.45, 2.75) is 11.8 Å². The highest BCUT2D eigenvalue weighted by molar-refractivity contribution is 9.13. The van der Waals surface area contributed by atoms with E-state index in [4.69, 9.17) is 11.6 Å². The molecule has 1 heterocycles. The molecule has 1 saturated heterocycles. The fourth-order valence-corrected chi connectivity index (χ4v) is 4.95. The van der Waals surface area contributed by atoms with Gasteiger partial charge in [0.2, 0.25) is 0 Å². The van der Waals surface area contributed by atoms with Gasteiger partial charge in [0.05, 0.1) is 16.9 Å². The number of hydrogen-bond donors (Lipinski definition) is 0. The third-order valence-electron chi connectivity index (χ3n) is 2.94. The minimum Gasteiger partial charge on any atom is -0.229 e. The SMILES string of the molecule is O=S1(=O)CCC(C(Cl)c2ccc(Br)c(Br)c2)C1. The molecule has 0 aliphatic carbocycles. The van der Waals surface area contributed by atoms with Gasteiger partial charge in [-0.25, -0.2) is 8.42 Å². The van der Waals surface area contributed by atoms with Crippen LogP contribution in [0.25, 0.3) is 0 Å². The lowest BCUT2D eigenvalue weighted by atomic mass is 9.98. The number of hydrogen-bond acceptors (Lipinski definition) is 2. The molecular formula is C11H11Br2ClO2S. The highest BCUT2D eigenvalue weighted by atomic mass is 79.9. The number of sulfone groups is 1. The Morgan fingerprint density at radius 1 is 1.29 bits per heavy atom. The maximum atomic E-state index is 11.4. The molecular weight excluding hydrogens is 391 g/mol. The lowest BCUT2D eigenvalue weighted by Gasteiger charge is -2.16. The summed E-state index contributed by atoms with van der Waals surface area (Å²) >= 11 is 13.2. The zero-order valence-electron chi connectivity index (χ0n) is 8.87. The first-order valence-corrected chi connectivity index (χ1v) is 9.03. The third-order valence-corrected chi connectivity index (χ3v) is 7.23. The van der Waals surface area contributed by atoms with Crippen molar-refractivity contribution in [3.05, 3.63) is 32.7 Å². The summed E-state index contributed by atoms with van der Waals surface area (Å²) in [6, 6.07) is 5.78. The van der Waals surface area contributed by atoms with Gasteiger partial charge in [-0.3, -0.25) is 0 Å². The van der Waals surface area contributed by atoms with E-state index in [-0.39, 0.29) is 22.8 Å².